The standard InChI is InChI=1S/C21H20N2O4/c1-12-8-6-7-11-14(12)17-15-16(18(22-17)21(26)27-2)20(25)23(19(15)24)13-9-4-3-5-10-13/h3-11,15-18,22H,1-2H3/t15-,16+,17-,18-/m0/s1. The zero-order valence-electron chi connectivity index (χ0n) is 15.1. The lowest BCUT2D eigenvalue weighted by Crippen LogP contribution is -2.43. The van der Waals surface area contributed by atoms with Crippen molar-refractivity contribution in [2.45, 2.75) is 19.0 Å². The first-order valence-corrected chi connectivity index (χ1v) is 8.87. The number of ether oxygens (including phenoxy) is 1. The molecule has 0 spiro atoms. The lowest BCUT2D eigenvalue weighted by molar-refractivity contribution is -0.145. The number of amides is 2. The number of rotatable bonds is 3. The van der Waals surface area contributed by atoms with Gasteiger partial charge in [0.05, 0.1) is 24.6 Å². The first-order valence-electron chi connectivity index (χ1n) is 8.87. The Hall–Kier alpha value is -2.99. The molecule has 0 unspecified atom stereocenters. The highest BCUT2D eigenvalue weighted by atomic mass is 16.5. The normalized spacial score (nSPS) is 27.0. The molecule has 2 aromatic carbocycles. The van der Waals surface area contributed by atoms with Gasteiger partial charge >= 0.3 is 5.97 Å². The number of fused-ring (bicyclic) bond motifs is 1. The van der Waals surface area contributed by atoms with Gasteiger partial charge in [0.1, 0.15) is 6.04 Å². The highest BCUT2D eigenvalue weighted by molar-refractivity contribution is 6.23. The van der Waals surface area contributed by atoms with E-state index in [2.05, 4.69) is 5.32 Å². The molecule has 138 valence electrons. The SMILES string of the molecule is COC(=O)[C@H]1N[C@@H](c2ccccc2C)[C@H]2C(=O)N(c3ccccc3)C(=O)[C@H]21. The van der Waals surface area contributed by atoms with Crippen molar-refractivity contribution in [3.8, 4) is 0 Å². The van der Waals surface area contributed by atoms with E-state index in [4.69, 9.17) is 4.74 Å². The van der Waals surface area contributed by atoms with Crippen LogP contribution in [0.1, 0.15) is 17.2 Å². The Morgan fingerprint density at radius 3 is 2.26 bits per heavy atom. The highest BCUT2D eigenvalue weighted by Gasteiger charge is 2.61. The van der Waals surface area contributed by atoms with Gasteiger partial charge in [-0.15, -0.1) is 0 Å². The molecule has 2 aliphatic heterocycles. The molecule has 6 nitrogen and oxygen atoms in total. The Labute approximate surface area is 157 Å². The largest absolute Gasteiger partial charge is 0.468 e. The molecule has 2 fully saturated rings. The topological polar surface area (TPSA) is 75.7 Å². The van der Waals surface area contributed by atoms with Crippen molar-refractivity contribution in [1.82, 2.24) is 5.32 Å². The number of imide groups is 1. The Bertz CT molecular complexity index is 911. The van der Waals surface area contributed by atoms with Crippen LogP contribution in [-0.2, 0) is 19.1 Å². The van der Waals surface area contributed by atoms with Crippen molar-refractivity contribution in [2.75, 3.05) is 12.0 Å². The van der Waals surface area contributed by atoms with Crippen LogP contribution < -0.4 is 10.2 Å². The predicted octanol–water partition coefficient (Wildman–Crippen LogP) is 1.99. The van der Waals surface area contributed by atoms with Gasteiger partial charge in [0.2, 0.25) is 11.8 Å². The van der Waals surface area contributed by atoms with E-state index in [1.54, 1.807) is 24.3 Å². The van der Waals surface area contributed by atoms with Gasteiger partial charge in [0.25, 0.3) is 0 Å². The molecular weight excluding hydrogens is 344 g/mol. The molecule has 0 saturated carbocycles. The summed E-state index contributed by atoms with van der Waals surface area (Å²) in [5.41, 5.74) is 2.43. The van der Waals surface area contributed by atoms with Gasteiger partial charge < -0.3 is 4.74 Å². The maximum absolute atomic E-state index is 13.3. The number of benzene rings is 2. The highest BCUT2D eigenvalue weighted by Crippen LogP contribution is 2.46. The maximum atomic E-state index is 13.3. The lowest BCUT2D eigenvalue weighted by atomic mass is 9.85. The molecule has 6 heteroatoms. The molecule has 1 N–H and O–H groups in total. The number of anilines is 1. The summed E-state index contributed by atoms with van der Waals surface area (Å²) in [5.74, 6) is -2.62. The van der Waals surface area contributed by atoms with Crippen LogP contribution in [0.15, 0.2) is 54.6 Å². The predicted molar refractivity (Wildman–Crippen MR) is 98.8 cm³/mol. The molecule has 2 aliphatic rings. The summed E-state index contributed by atoms with van der Waals surface area (Å²) in [5, 5.41) is 3.19. The molecule has 2 aromatic rings. The van der Waals surface area contributed by atoms with Crippen LogP contribution in [-0.4, -0.2) is 30.9 Å². The van der Waals surface area contributed by atoms with Crippen molar-refractivity contribution < 1.29 is 19.1 Å². The number of para-hydroxylation sites is 1. The molecule has 0 bridgehead atoms. The van der Waals surface area contributed by atoms with Gasteiger partial charge in [-0.05, 0) is 30.2 Å². The lowest BCUT2D eigenvalue weighted by Gasteiger charge is -2.22. The number of carbonyl (C=O) groups is 3. The minimum Gasteiger partial charge on any atom is -0.468 e. The molecule has 27 heavy (non-hydrogen) atoms. The fourth-order valence-corrected chi connectivity index (χ4v) is 4.21. The van der Waals surface area contributed by atoms with E-state index >= 15 is 0 Å². The number of methoxy groups -OCH3 is 1. The molecule has 0 aliphatic carbocycles. The molecule has 4 rings (SSSR count). The van der Waals surface area contributed by atoms with E-state index in [0.717, 1.165) is 11.1 Å². The second-order valence-corrected chi connectivity index (χ2v) is 6.90. The number of esters is 1. The van der Waals surface area contributed by atoms with Gasteiger partial charge in [0.15, 0.2) is 0 Å². The Balaban J connectivity index is 1.80. The Kier molecular flexibility index (Phi) is 4.28. The third kappa shape index (κ3) is 2.64. The van der Waals surface area contributed by atoms with Crippen LogP contribution in [0.3, 0.4) is 0 Å². The number of carbonyl (C=O) groups excluding carboxylic acids is 3. The van der Waals surface area contributed by atoms with E-state index in [0.29, 0.717) is 5.69 Å². The summed E-state index contributed by atoms with van der Waals surface area (Å²) < 4.78 is 4.90. The number of nitrogens with one attached hydrogen (secondary N) is 1. The van der Waals surface area contributed by atoms with Gasteiger partial charge in [0, 0.05) is 6.04 Å². The minimum absolute atomic E-state index is 0.289. The number of aryl methyl sites for hydroxylation is 1. The van der Waals surface area contributed by atoms with Crippen LogP contribution in [0, 0.1) is 18.8 Å². The summed E-state index contributed by atoms with van der Waals surface area (Å²) in [6.45, 7) is 1.95. The summed E-state index contributed by atoms with van der Waals surface area (Å²) in [4.78, 5) is 40.0. The molecule has 0 aromatic heterocycles. The second kappa shape index (κ2) is 6.63. The third-order valence-corrected chi connectivity index (χ3v) is 5.47. The van der Waals surface area contributed by atoms with Gasteiger partial charge in [-0.2, -0.15) is 0 Å². The minimum atomic E-state index is -0.852. The molecule has 2 saturated heterocycles. The fraction of sp³-hybridized carbons (Fsp3) is 0.286. The zero-order chi connectivity index (χ0) is 19.1. The summed E-state index contributed by atoms with van der Waals surface area (Å²) >= 11 is 0. The van der Waals surface area contributed by atoms with Crippen molar-refractivity contribution in [3.05, 3.63) is 65.7 Å². The molecule has 4 atom stereocenters. The van der Waals surface area contributed by atoms with E-state index < -0.39 is 29.9 Å². The van der Waals surface area contributed by atoms with Crippen molar-refractivity contribution in [3.63, 3.8) is 0 Å². The van der Waals surface area contributed by atoms with Crippen molar-refractivity contribution in [2.24, 2.45) is 11.8 Å². The number of hydrogen-bond acceptors (Lipinski definition) is 5. The fourth-order valence-electron chi connectivity index (χ4n) is 4.21. The average Bonchev–Trinajstić information content (AvgIpc) is 3.19. The molecule has 2 heterocycles. The van der Waals surface area contributed by atoms with E-state index in [1.165, 1.54) is 12.0 Å². The number of hydrogen-bond donors (Lipinski definition) is 1. The maximum Gasteiger partial charge on any atom is 0.323 e. The van der Waals surface area contributed by atoms with Gasteiger partial charge in [-0.3, -0.25) is 19.7 Å². The molecule has 0 radical (unpaired) electrons. The Morgan fingerprint density at radius 2 is 1.59 bits per heavy atom. The quantitative estimate of drug-likeness (QED) is 0.666. The van der Waals surface area contributed by atoms with E-state index in [1.807, 2.05) is 37.3 Å². The van der Waals surface area contributed by atoms with Crippen LogP contribution in [0.4, 0.5) is 5.69 Å². The first-order chi connectivity index (χ1) is 13.0. The second-order valence-electron chi connectivity index (χ2n) is 6.90. The van der Waals surface area contributed by atoms with Crippen LogP contribution in [0.2, 0.25) is 0 Å². The van der Waals surface area contributed by atoms with Crippen molar-refractivity contribution >= 4 is 23.5 Å². The Morgan fingerprint density at radius 1 is 0.963 bits per heavy atom. The van der Waals surface area contributed by atoms with Crippen LogP contribution in [0.5, 0.6) is 0 Å². The van der Waals surface area contributed by atoms with E-state index in [-0.39, 0.29) is 11.8 Å². The van der Waals surface area contributed by atoms with Crippen LogP contribution in [0.25, 0.3) is 0 Å². The van der Waals surface area contributed by atoms with Gasteiger partial charge in [-0.1, -0.05) is 42.5 Å². The smallest absolute Gasteiger partial charge is 0.323 e. The monoisotopic (exact) mass is 364 g/mol. The third-order valence-electron chi connectivity index (χ3n) is 5.47. The van der Waals surface area contributed by atoms with Crippen LogP contribution >= 0.6 is 0 Å². The zero-order valence-corrected chi connectivity index (χ0v) is 15.1. The number of nitrogens with zero attached hydrogens (tertiary/aromatic N) is 1. The van der Waals surface area contributed by atoms with Gasteiger partial charge in [-0.25, -0.2) is 4.90 Å². The summed E-state index contributed by atoms with van der Waals surface area (Å²) in [6.07, 6.45) is 0. The summed E-state index contributed by atoms with van der Waals surface area (Å²) in [6, 6.07) is 15.2. The average molecular weight is 364 g/mol. The summed E-state index contributed by atoms with van der Waals surface area (Å²) in [7, 11) is 1.29. The van der Waals surface area contributed by atoms with Crippen molar-refractivity contribution in [1.29, 1.82) is 0 Å². The first kappa shape index (κ1) is 17.4. The molecule has 2 amide bonds. The van der Waals surface area contributed by atoms with E-state index in [9.17, 15) is 14.4 Å². The molecular formula is C21H20N2O4.